The third kappa shape index (κ3) is 4.95. The Bertz CT molecular complexity index is 1260. The molecule has 2 atom stereocenters. The number of carbonyl (C=O) groups excluding carboxylic acids is 2. The van der Waals surface area contributed by atoms with Gasteiger partial charge in [0.25, 0.3) is 5.91 Å². The van der Waals surface area contributed by atoms with Crippen LogP contribution in [0.1, 0.15) is 51.3 Å². The Hall–Kier alpha value is -2.67. The molecule has 2 aliphatic heterocycles. The average Bonchev–Trinajstić information content (AvgIpc) is 3.36. The number of halogens is 1. The van der Waals surface area contributed by atoms with E-state index in [-0.39, 0.29) is 23.9 Å². The Labute approximate surface area is 222 Å². The number of hydrogen-bond acceptors (Lipinski definition) is 4. The van der Waals surface area contributed by atoms with Crippen molar-refractivity contribution in [3.8, 4) is 0 Å². The zero-order chi connectivity index (χ0) is 25.2. The first kappa shape index (κ1) is 25.0. The number of fused-ring (bicyclic) bond motifs is 1. The smallest absolute Gasteiger partial charge is 0.255 e. The van der Waals surface area contributed by atoms with Crippen molar-refractivity contribution in [2.24, 2.45) is 0 Å². The van der Waals surface area contributed by atoms with E-state index in [1.807, 2.05) is 40.2 Å². The van der Waals surface area contributed by atoms with E-state index in [0.717, 1.165) is 19.5 Å². The summed E-state index contributed by atoms with van der Waals surface area (Å²) in [5.41, 5.74) is 4.51. The zero-order valence-electron chi connectivity index (χ0n) is 20.8. The molecule has 7 heteroatoms. The molecule has 3 heterocycles. The molecule has 2 aliphatic rings. The molecular weight excluding hydrogens is 490 g/mol. The van der Waals surface area contributed by atoms with E-state index < -0.39 is 0 Å². The van der Waals surface area contributed by atoms with Gasteiger partial charge in [-0.2, -0.15) is 0 Å². The summed E-state index contributed by atoms with van der Waals surface area (Å²) in [5.74, 6) is 0.0903. The van der Waals surface area contributed by atoms with Gasteiger partial charge in [-0.1, -0.05) is 48.0 Å². The maximum absolute atomic E-state index is 13.3. The molecule has 0 radical (unpaired) electrons. The van der Waals surface area contributed by atoms with Crippen LogP contribution in [0.25, 0.3) is 0 Å². The molecule has 2 aromatic carbocycles. The molecule has 0 saturated carbocycles. The number of hydrogen-bond donors (Lipinski definition) is 0. The molecule has 2 amide bonds. The number of aryl methyl sites for hydroxylation is 1. The second-order valence-corrected chi connectivity index (χ2v) is 11.2. The first-order chi connectivity index (χ1) is 17.4. The van der Waals surface area contributed by atoms with Gasteiger partial charge < -0.3 is 9.80 Å². The standard InChI is InChI=1S/C29H32ClN3O2S/c1-20-7-3-4-8-22(20)28-24-13-18-36-26(24)11-14-31(28)15-12-27(34)32-16-17-33(21(2)19-32)29(35)23-9-5-6-10-25(23)30/h3-10,13,18,21,28H,11-12,14-17,19H2,1-2H3/t21-,28-/m0/s1. The van der Waals surface area contributed by atoms with Crippen molar-refractivity contribution in [3.05, 3.63) is 92.1 Å². The Morgan fingerprint density at radius 2 is 1.78 bits per heavy atom. The van der Waals surface area contributed by atoms with Crippen LogP contribution in [-0.4, -0.2) is 65.3 Å². The fraction of sp³-hybridized carbons (Fsp3) is 0.379. The quantitative estimate of drug-likeness (QED) is 0.450. The first-order valence-electron chi connectivity index (χ1n) is 12.6. The molecule has 1 saturated heterocycles. The third-order valence-corrected chi connectivity index (χ3v) is 8.83. The summed E-state index contributed by atoms with van der Waals surface area (Å²) in [7, 11) is 0. The van der Waals surface area contributed by atoms with E-state index in [1.54, 1.807) is 12.1 Å². The van der Waals surface area contributed by atoms with Crippen molar-refractivity contribution in [1.82, 2.24) is 14.7 Å². The molecule has 5 rings (SSSR count). The summed E-state index contributed by atoms with van der Waals surface area (Å²) in [6.07, 6.45) is 1.51. The lowest BCUT2D eigenvalue weighted by Crippen LogP contribution is -2.55. The SMILES string of the molecule is Cc1ccccc1[C@H]1c2ccsc2CCN1CCC(=O)N1CCN(C(=O)c2ccccc2Cl)[C@@H](C)C1. The van der Waals surface area contributed by atoms with Crippen molar-refractivity contribution in [2.75, 3.05) is 32.7 Å². The van der Waals surface area contributed by atoms with Crippen LogP contribution < -0.4 is 0 Å². The molecule has 0 spiro atoms. The number of carbonyl (C=O) groups is 2. The highest BCUT2D eigenvalue weighted by atomic mass is 35.5. The van der Waals surface area contributed by atoms with Crippen molar-refractivity contribution >= 4 is 34.8 Å². The van der Waals surface area contributed by atoms with E-state index in [9.17, 15) is 9.59 Å². The van der Waals surface area contributed by atoms with Gasteiger partial charge in [-0.15, -0.1) is 11.3 Å². The third-order valence-electron chi connectivity index (χ3n) is 7.51. The largest absolute Gasteiger partial charge is 0.339 e. The topological polar surface area (TPSA) is 43.9 Å². The average molecular weight is 522 g/mol. The van der Waals surface area contributed by atoms with Gasteiger partial charge in [-0.3, -0.25) is 14.5 Å². The number of piperazine rings is 1. The fourth-order valence-electron chi connectivity index (χ4n) is 5.54. The molecule has 188 valence electrons. The number of thiophene rings is 1. The molecule has 0 N–H and O–H groups in total. The summed E-state index contributed by atoms with van der Waals surface area (Å²) >= 11 is 8.09. The van der Waals surface area contributed by atoms with Crippen molar-refractivity contribution in [1.29, 1.82) is 0 Å². The molecular formula is C29H32ClN3O2S. The predicted octanol–water partition coefficient (Wildman–Crippen LogP) is 5.42. The lowest BCUT2D eigenvalue weighted by Gasteiger charge is -2.41. The second kappa shape index (κ2) is 10.8. The van der Waals surface area contributed by atoms with E-state index in [2.05, 4.69) is 47.5 Å². The number of nitrogens with zero attached hydrogens (tertiary/aromatic N) is 3. The van der Waals surface area contributed by atoms with Gasteiger partial charge in [0, 0.05) is 50.1 Å². The highest BCUT2D eigenvalue weighted by molar-refractivity contribution is 7.10. The van der Waals surface area contributed by atoms with E-state index in [0.29, 0.717) is 36.6 Å². The Balaban J connectivity index is 1.23. The van der Waals surface area contributed by atoms with E-state index in [4.69, 9.17) is 11.6 Å². The van der Waals surface area contributed by atoms with Crippen LogP contribution in [0.5, 0.6) is 0 Å². The van der Waals surface area contributed by atoms with E-state index in [1.165, 1.54) is 21.6 Å². The number of rotatable bonds is 5. The zero-order valence-corrected chi connectivity index (χ0v) is 22.4. The normalized spacial score (nSPS) is 20.3. The summed E-state index contributed by atoms with van der Waals surface area (Å²) in [6, 6.07) is 18.1. The fourth-order valence-corrected chi connectivity index (χ4v) is 6.66. The highest BCUT2D eigenvalue weighted by Crippen LogP contribution is 2.39. The van der Waals surface area contributed by atoms with Gasteiger partial charge >= 0.3 is 0 Å². The van der Waals surface area contributed by atoms with Crippen LogP contribution in [-0.2, 0) is 11.2 Å². The molecule has 36 heavy (non-hydrogen) atoms. The van der Waals surface area contributed by atoms with E-state index >= 15 is 0 Å². The van der Waals surface area contributed by atoms with Crippen molar-refractivity contribution in [2.45, 2.75) is 38.8 Å². The minimum Gasteiger partial charge on any atom is -0.339 e. The summed E-state index contributed by atoms with van der Waals surface area (Å²) in [5, 5.41) is 2.65. The molecule has 5 nitrogen and oxygen atoms in total. The van der Waals surface area contributed by atoms with Crippen LogP contribution in [0.3, 0.4) is 0 Å². The van der Waals surface area contributed by atoms with Crippen LogP contribution in [0.2, 0.25) is 5.02 Å². The molecule has 1 aromatic heterocycles. The Morgan fingerprint density at radius 3 is 2.56 bits per heavy atom. The van der Waals surface area contributed by atoms with Crippen LogP contribution in [0.4, 0.5) is 0 Å². The van der Waals surface area contributed by atoms with Crippen LogP contribution in [0.15, 0.2) is 60.0 Å². The molecule has 3 aromatic rings. The first-order valence-corrected chi connectivity index (χ1v) is 13.9. The van der Waals surface area contributed by atoms with Crippen molar-refractivity contribution in [3.63, 3.8) is 0 Å². The number of amides is 2. The second-order valence-electron chi connectivity index (χ2n) is 9.76. The van der Waals surface area contributed by atoms with Crippen LogP contribution >= 0.6 is 22.9 Å². The summed E-state index contributed by atoms with van der Waals surface area (Å²) < 4.78 is 0. The van der Waals surface area contributed by atoms with Gasteiger partial charge in [-0.25, -0.2) is 0 Å². The van der Waals surface area contributed by atoms with Gasteiger partial charge in [0.2, 0.25) is 5.91 Å². The van der Waals surface area contributed by atoms with Crippen LogP contribution in [0, 0.1) is 6.92 Å². The maximum Gasteiger partial charge on any atom is 0.255 e. The lowest BCUT2D eigenvalue weighted by atomic mass is 9.90. The molecule has 0 aliphatic carbocycles. The van der Waals surface area contributed by atoms with Gasteiger partial charge in [-0.05, 0) is 60.5 Å². The molecule has 0 bridgehead atoms. The minimum atomic E-state index is -0.0684. The molecule has 1 fully saturated rings. The monoisotopic (exact) mass is 521 g/mol. The maximum atomic E-state index is 13.3. The van der Waals surface area contributed by atoms with Gasteiger partial charge in [0.15, 0.2) is 0 Å². The van der Waals surface area contributed by atoms with Crippen molar-refractivity contribution < 1.29 is 9.59 Å². The predicted molar refractivity (Wildman–Crippen MR) is 146 cm³/mol. The molecule has 0 unspecified atom stereocenters. The van der Waals surface area contributed by atoms with Gasteiger partial charge in [0.1, 0.15) is 0 Å². The summed E-state index contributed by atoms with van der Waals surface area (Å²) in [6.45, 7) is 7.47. The summed E-state index contributed by atoms with van der Waals surface area (Å²) in [4.78, 5) is 34.0. The Kier molecular flexibility index (Phi) is 7.47. The number of benzene rings is 2. The lowest BCUT2D eigenvalue weighted by molar-refractivity contribution is -0.134. The minimum absolute atomic E-state index is 0.0606. The van der Waals surface area contributed by atoms with Gasteiger partial charge in [0.05, 0.1) is 16.6 Å². The highest BCUT2D eigenvalue weighted by Gasteiger charge is 2.33. The Morgan fingerprint density at radius 1 is 1.00 bits per heavy atom.